The molecule has 1 aliphatic heterocycles. The fourth-order valence-corrected chi connectivity index (χ4v) is 1.84. The summed E-state index contributed by atoms with van der Waals surface area (Å²) < 4.78 is 0. The van der Waals surface area contributed by atoms with E-state index < -0.39 is 0 Å². The molecule has 0 aromatic heterocycles. The lowest BCUT2D eigenvalue weighted by atomic mass is 9.93. The summed E-state index contributed by atoms with van der Waals surface area (Å²) in [5.74, 6) is 0.175. The van der Waals surface area contributed by atoms with Gasteiger partial charge in [-0.2, -0.15) is 0 Å². The third kappa shape index (κ3) is 1.92. The lowest BCUT2D eigenvalue weighted by Crippen LogP contribution is -2.14. The van der Waals surface area contributed by atoms with Gasteiger partial charge in [-0.05, 0) is 25.2 Å². The highest BCUT2D eigenvalue weighted by Gasteiger charge is 2.24. The Morgan fingerprint density at radius 3 is 2.79 bits per heavy atom. The Labute approximate surface area is 82.9 Å². The minimum Gasteiger partial charge on any atom is -0.323 e. The number of amides is 1. The molecule has 0 aromatic rings. The highest BCUT2D eigenvalue weighted by molar-refractivity contribution is 6.14. The van der Waals surface area contributed by atoms with Crippen LogP contribution in [0.3, 0.4) is 0 Å². The first-order chi connectivity index (χ1) is 6.75. The van der Waals surface area contributed by atoms with Gasteiger partial charge < -0.3 is 5.32 Å². The van der Waals surface area contributed by atoms with E-state index in [0.717, 1.165) is 19.3 Å². The molecule has 2 rings (SSSR count). The highest BCUT2D eigenvalue weighted by atomic mass is 16.2. The molecule has 1 heterocycles. The number of rotatable bonds is 1. The summed E-state index contributed by atoms with van der Waals surface area (Å²) in [6, 6.07) is 0. The second kappa shape index (κ2) is 3.78. The summed E-state index contributed by atoms with van der Waals surface area (Å²) in [5, 5.41) is 2.60. The van der Waals surface area contributed by atoms with Gasteiger partial charge in [-0.25, -0.2) is 0 Å². The minimum atomic E-state index is -0.174. The minimum absolute atomic E-state index is 0.0222. The van der Waals surface area contributed by atoms with Gasteiger partial charge in [0.1, 0.15) is 0 Å². The van der Waals surface area contributed by atoms with Crippen LogP contribution in [-0.2, 0) is 9.59 Å². The van der Waals surface area contributed by atoms with Crippen molar-refractivity contribution in [3.8, 4) is 0 Å². The van der Waals surface area contributed by atoms with E-state index >= 15 is 0 Å². The van der Waals surface area contributed by atoms with Crippen molar-refractivity contribution in [2.45, 2.75) is 25.7 Å². The molecule has 1 N–H and O–H groups in total. The molecule has 1 fully saturated rings. The van der Waals surface area contributed by atoms with Gasteiger partial charge in [0.15, 0.2) is 5.78 Å². The first-order valence-corrected chi connectivity index (χ1v) is 4.95. The van der Waals surface area contributed by atoms with E-state index in [4.69, 9.17) is 0 Å². The van der Waals surface area contributed by atoms with Crippen molar-refractivity contribution in [2.24, 2.45) is 5.92 Å². The molecule has 14 heavy (non-hydrogen) atoms. The van der Waals surface area contributed by atoms with Crippen LogP contribution in [0.15, 0.2) is 23.9 Å². The van der Waals surface area contributed by atoms with Crippen molar-refractivity contribution in [3.05, 3.63) is 23.9 Å². The summed E-state index contributed by atoms with van der Waals surface area (Å²) in [7, 11) is 0. The Hall–Kier alpha value is -1.38. The van der Waals surface area contributed by atoms with E-state index in [9.17, 15) is 9.59 Å². The predicted molar refractivity (Wildman–Crippen MR) is 52.3 cm³/mol. The molecule has 0 radical (unpaired) electrons. The van der Waals surface area contributed by atoms with Crippen molar-refractivity contribution in [1.82, 2.24) is 5.32 Å². The monoisotopic (exact) mass is 191 g/mol. The maximum atomic E-state index is 11.3. The van der Waals surface area contributed by atoms with Crippen molar-refractivity contribution < 1.29 is 9.59 Å². The molecule has 0 spiro atoms. The lowest BCUT2D eigenvalue weighted by Gasteiger charge is -2.13. The average Bonchev–Trinajstić information content (AvgIpc) is 2.47. The topological polar surface area (TPSA) is 46.2 Å². The van der Waals surface area contributed by atoms with Gasteiger partial charge in [0.25, 0.3) is 0 Å². The molecule has 0 saturated carbocycles. The van der Waals surface area contributed by atoms with Crippen LogP contribution < -0.4 is 5.32 Å². The van der Waals surface area contributed by atoms with Crippen LogP contribution in [-0.4, -0.2) is 11.7 Å². The molecule has 1 atom stereocenters. The molecule has 1 unspecified atom stereocenters. The number of carbonyl (C=O) groups excluding carboxylic acids is 2. The van der Waals surface area contributed by atoms with E-state index in [1.807, 2.05) is 6.08 Å². The first kappa shape index (κ1) is 9.19. The summed E-state index contributed by atoms with van der Waals surface area (Å²) in [4.78, 5) is 22.2. The van der Waals surface area contributed by atoms with Gasteiger partial charge in [0, 0.05) is 0 Å². The normalized spacial score (nSPS) is 29.7. The van der Waals surface area contributed by atoms with Crippen LogP contribution in [0.25, 0.3) is 0 Å². The Balaban J connectivity index is 2.06. The highest BCUT2D eigenvalue weighted by Crippen LogP contribution is 2.21. The second-order valence-electron chi connectivity index (χ2n) is 3.77. The standard InChI is InChI=1S/C11H13NO2/c13-10-7-11(14)12-9(10)6-8-4-2-1-3-5-8/h1-2,6,8H,3-5,7H2,(H,12,14). The third-order valence-electron chi connectivity index (χ3n) is 2.61. The molecule has 0 bridgehead atoms. The molecule has 1 saturated heterocycles. The van der Waals surface area contributed by atoms with E-state index in [0.29, 0.717) is 11.6 Å². The molecule has 74 valence electrons. The summed E-state index contributed by atoms with van der Waals surface area (Å²) >= 11 is 0. The van der Waals surface area contributed by atoms with Gasteiger partial charge in [-0.1, -0.05) is 18.2 Å². The average molecular weight is 191 g/mol. The Morgan fingerprint density at radius 2 is 2.21 bits per heavy atom. The van der Waals surface area contributed by atoms with Crippen LogP contribution >= 0.6 is 0 Å². The number of ketones is 1. The SMILES string of the molecule is O=C1CC(=O)C(=CC2CC=CCC2)N1. The molecule has 3 nitrogen and oxygen atoms in total. The second-order valence-corrected chi connectivity index (χ2v) is 3.77. The molecule has 1 aliphatic carbocycles. The molecule has 3 heteroatoms. The fourth-order valence-electron chi connectivity index (χ4n) is 1.84. The van der Waals surface area contributed by atoms with Gasteiger partial charge >= 0.3 is 0 Å². The molecule has 0 aromatic carbocycles. The van der Waals surface area contributed by atoms with Crippen LogP contribution in [0.2, 0.25) is 0 Å². The van der Waals surface area contributed by atoms with Crippen LogP contribution in [0.4, 0.5) is 0 Å². The predicted octanol–water partition coefficient (Wildman–Crippen LogP) is 1.32. The van der Waals surface area contributed by atoms with E-state index in [1.54, 1.807) is 0 Å². The van der Waals surface area contributed by atoms with Crippen molar-refractivity contribution in [2.75, 3.05) is 0 Å². The van der Waals surface area contributed by atoms with Crippen molar-refractivity contribution in [1.29, 1.82) is 0 Å². The number of allylic oxidation sites excluding steroid dienone is 4. The van der Waals surface area contributed by atoms with Gasteiger partial charge in [0.2, 0.25) is 5.91 Å². The number of nitrogens with one attached hydrogen (secondary N) is 1. The summed E-state index contributed by atoms with van der Waals surface area (Å²) in [5.41, 5.74) is 0.510. The summed E-state index contributed by atoms with van der Waals surface area (Å²) in [6.45, 7) is 0. The van der Waals surface area contributed by atoms with Gasteiger partial charge in [-0.3, -0.25) is 9.59 Å². The van der Waals surface area contributed by atoms with Crippen LogP contribution in [0.1, 0.15) is 25.7 Å². The molecular weight excluding hydrogens is 178 g/mol. The molecule has 1 amide bonds. The number of Topliss-reactive ketones (excluding diaryl/α,β-unsaturated/α-hetero) is 1. The zero-order valence-corrected chi connectivity index (χ0v) is 7.95. The van der Waals surface area contributed by atoms with Gasteiger partial charge in [-0.15, -0.1) is 0 Å². The van der Waals surface area contributed by atoms with E-state index in [2.05, 4.69) is 17.5 Å². The molecular formula is C11H13NO2. The Kier molecular flexibility index (Phi) is 2.48. The number of hydrogen-bond donors (Lipinski definition) is 1. The largest absolute Gasteiger partial charge is 0.323 e. The van der Waals surface area contributed by atoms with Crippen LogP contribution in [0.5, 0.6) is 0 Å². The fraction of sp³-hybridized carbons (Fsp3) is 0.455. The zero-order valence-electron chi connectivity index (χ0n) is 7.95. The van der Waals surface area contributed by atoms with E-state index in [1.165, 1.54) is 0 Å². The van der Waals surface area contributed by atoms with Crippen LogP contribution in [0, 0.1) is 5.92 Å². The van der Waals surface area contributed by atoms with Crippen molar-refractivity contribution in [3.63, 3.8) is 0 Å². The molecule has 2 aliphatic rings. The Bertz CT molecular complexity index is 328. The van der Waals surface area contributed by atoms with Gasteiger partial charge in [0.05, 0.1) is 12.1 Å². The summed E-state index contributed by atoms with van der Waals surface area (Å²) in [6.07, 6.45) is 9.34. The lowest BCUT2D eigenvalue weighted by molar-refractivity contribution is -0.121. The smallest absolute Gasteiger partial charge is 0.232 e. The number of hydrogen-bond acceptors (Lipinski definition) is 2. The van der Waals surface area contributed by atoms with E-state index in [-0.39, 0.29) is 18.1 Å². The number of carbonyl (C=O) groups is 2. The maximum Gasteiger partial charge on any atom is 0.232 e. The third-order valence-corrected chi connectivity index (χ3v) is 2.61. The first-order valence-electron chi connectivity index (χ1n) is 4.95. The zero-order chi connectivity index (χ0) is 9.97. The van der Waals surface area contributed by atoms with Crippen molar-refractivity contribution >= 4 is 11.7 Å². The maximum absolute atomic E-state index is 11.3. The Morgan fingerprint density at radius 1 is 1.36 bits per heavy atom. The quantitative estimate of drug-likeness (QED) is 0.386.